The van der Waals surface area contributed by atoms with Crippen molar-refractivity contribution < 1.29 is 22.4 Å². The second-order valence-corrected chi connectivity index (χ2v) is 7.30. The fourth-order valence-corrected chi connectivity index (χ4v) is 3.40. The fourth-order valence-electron chi connectivity index (χ4n) is 3.40. The van der Waals surface area contributed by atoms with Gasteiger partial charge in [0.1, 0.15) is 11.6 Å². The van der Waals surface area contributed by atoms with E-state index in [2.05, 4.69) is 10.3 Å². The predicted molar refractivity (Wildman–Crippen MR) is 105 cm³/mol. The van der Waals surface area contributed by atoms with Crippen molar-refractivity contribution in [3.63, 3.8) is 0 Å². The molecule has 0 bridgehead atoms. The van der Waals surface area contributed by atoms with Crippen molar-refractivity contribution in [3.8, 4) is 0 Å². The van der Waals surface area contributed by atoms with Gasteiger partial charge in [0.2, 0.25) is 5.91 Å². The molecule has 2 aromatic rings. The molecule has 1 aliphatic rings. The molecule has 3 rings (SSSR count). The molecular weight excluding hydrogens is 400 g/mol. The maximum atomic E-state index is 13.0. The van der Waals surface area contributed by atoms with Gasteiger partial charge in [0, 0.05) is 38.9 Å². The van der Waals surface area contributed by atoms with Crippen LogP contribution in [0, 0.1) is 5.82 Å². The van der Waals surface area contributed by atoms with Gasteiger partial charge >= 0.3 is 6.18 Å². The lowest BCUT2D eigenvalue weighted by atomic mass is 10.2. The number of halogens is 4. The Morgan fingerprint density at radius 3 is 2.47 bits per heavy atom. The van der Waals surface area contributed by atoms with Crippen molar-refractivity contribution in [2.24, 2.45) is 0 Å². The third-order valence-electron chi connectivity index (χ3n) is 5.24. The number of anilines is 1. The van der Waals surface area contributed by atoms with Crippen molar-refractivity contribution in [1.29, 1.82) is 0 Å². The number of carbonyl (C=O) groups excluding carboxylic acids is 1. The van der Waals surface area contributed by atoms with Crippen molar-refractivity contribution in [1.82, 2.24) is 15.2 Å². The number of alkyl halides is 3. The molecule has 162 valence electrons. The van der Waals surface area contributed by atoms with Crippen LogP contribution in [-0.4, -0.2) is 48.0 Å². The first-order chi connectivity index (χ1) is 14.2. The number of nitrogens with one attached hydrogen (secondary N) is 1. The van der Waals surface area contributed by atoms with Crippen molar-refractivity contribution in [2.75, 3.05) is 31.1 Å². The molecular formula is C21H24F4N4O. The number of carbonyl (C=O) groups is 1. The lowest BCUT2D eigenvalue weighted by molar-refractivity contribution is -0.137. The van der Waals surface area contributed by atoms with Gasteiger partial charge in [0.25, 0.3) is 0 Å². The predicted octanol–water partition coefficient (Wildman–Crippen LogP) is 3.46. The maximum Gasteiger partial charge on any atom is 0.417 e. The van der Waals surface area contributed by atoms with Crippen LogP contribution < -0.4 is 10.2 Å². The van der Waals surface area contributed by atoms with E-state index in [9.17, 15) is 22.4 Å². The summed E-state index contributed by atoms with van der Waals surface area (Å²) in [5.74, 6) is 0.0498. The average Bonchev–Trinajstić information content (AvgIpc) is 2.98. The summed E-state index contributed by atoms with van der Waals surface area (Å²) in [4.78, 5) is 20.5. The molecule has 1 aromatic carbocycles. The minimum absolute atomic E-state index is 0.125. The van der Waals surface area contributed by atoms with Gasteiger partial charge in [-0.25, -0.2) is 9.37 Å². The van der Waals surface area contributed by atoms with E-state index in [0.29, 0.717) is 38.5 Å². The highest BCUT2D eigenvalue weighted by molar-refractivity contribution is 5.81. The number of aromatic nitrogens is 1. The van der Waals surface area contributed by atoms with E-state index in [4.69, 9.17) is 0 Å². The first-order valence-corrected chi connectivity index (χ1v) is 9.78. The molecule has 0 radical (unpaired) electrons. The summed E-state index contributed by atoms with van der Waals surface area (Å²) in [7, 11) is 0. The summed E-state index contributed by atoms with van der Waals surface area (Å²) < 4.78 is 51.1. The molecule has 1 aromatic heterocycles. The molecule has 0 aliphatic carbocycles. The van der Waals surface area contributed by atoms with E-state index in [-0.39, 0.29) is 17.8 Å². The Bertz CT molecular complexity index is 840. The van der Waals surface area contributed by atoms with Crippen LogP contribution in [-0.2, 0) is 17.5 Å². The summed E-state index contributed by atoms with van der Waals surface area (Å²) in [6.45, 7) is 4.65. The first kappa shape index (κ1) is 22.0. The molecule has 0 saturated carbocycles. The van der Waals surface area contributed by atoms with Crippen LogP contribution in [0.5, 0.6) is 0 Å². The molecule has 1 atom stereocenters. The summed E-state index contributed by atoms with van der Waals surface area (Å²) in [5.41, 5.74) is 0.0431. The Morgan fingerprint density at radius 1 is 1.10 bits per heavy atom. The molecule has 1 N–H and O–H groups in total. The van der Waals surface area contributed by atoms with Crippen LogP contribution in [0.15, 0.2) is 42.6 Å². The molecule has 1 fully saturated rings. The zero-order valence-corrected chi connectivity index (χ0v) is 16.6. The van der Waals surface area contributed by atoms with E-state index in [1.54, 1.807) is 12.1 Å². The Balaban J connectivity index is 1.53. The zero-order valence-electron chi connectivity index (χ0n) is 16.6. The van der Waals surface area contributed by atoms with Gasteiger partial charge in [-0.1, -0.05) is 12.1 Å². The molecule has 1 aliphatic heterocycles. The average molecular weight is 424 g/mol. The summed E-state index contributed by atoms with van der Waals surface area (Å²) in [6.07, 6.45) is -2.79. The third kappa shape index (κ3) is 5.69. The molecule has 2 heterocycles. The minimum atomic E-state index is -4.40. The monoisotopic (exact) mass is 424 g/mol. The Morgan fingerprint density at radius 2 is 1.83 bits per heavy atom. The lowest BCUT2D eigenvalue weighted by Gasteiger charge is -2.27. The van der Waals surface area contributed by atoms with Gasteiger partial charge in [-0.05, 0) is 43.2 Å². The Kier molecular flexibility index (Phi) is 6.91. The van der Waals surface area contributed by atoms with Gasteiger partial charge in [-0.15, -0.1) is 0 Å². The highest BCUT2D eigenvalue weighted by Crippen LogP contribution is 2.29. The van der Waals surface area contributed by atoms with Gasteiger partial charge in [-0.2, -0.15) is 13.2 Å². The minimum Gasteiger partial charge on any atom is -0.355 e. The third-order valence-corrected chi connectivity index (χ3v) is 5.24. The Labute approximate surface area is 172 Å². The second-order valence-electron chi connectivity index (χ2n) is 7.30. The van der Waals surface area contributed by atoms with Crippen LogP contribution in [0.3, 0.4) is 0 Å². The standard InChI is InChI=1S/C21H24F4N4O/c1-15(20(30)27-13-16-3-6-18(22)7-4-16)28-9-2-10-29(12-11-28)19-8-5-17(14-26-19)21(23,24)25/h3-8,14-15H,2,9-13H2,1H3,(H,27,30)/t15-/m0/s1. The number of pyridine rings is 1. The number of hydrogen-bond donors (Lipinski definition) is 1. The quantitative estimate of drug-likeness (QED) is 0.747. The van der Waals surface area contributed by atoms with Crippen LogP contribution >= 0.6 is 0 Å². The molecule has 30 heavy (non-hydrogen) atoms. The van der Waals surface area contributed by atoms with Crippen LogP contribution in [0.2, 0.25) is 0 Å². The zero-order chi connectivity index (χ0) is 21.7. The summed E-state index contributed by atoms with van der Waals surface area (Å²) in [6, 6.07) is 8.02. The number of nitrogens with zero attached hydrogens (tertiary/aromatic N) is 3. The number of amides is 1. The second kappa shape index (κ2) is 9.42. The summed E-state index contributed by atoms with van der Waals surface area (Å²) >= 11 is 0. The molecule has 9 heteroatoms. The highest BCUT2D eigenvalue weighted by Gasteiger charge is 2.31. The van der Waals surface area contributed by atoms with E-state index >= 15 is 0 Å². The van der Waals surface area contributed by atoms with Crippen molar-refractivity contribution in [2.45, 2.75) is 32.1 Å². The highest BCUT2D eigenvalue weighted by atomic mass is 19.4. The molecule has 0 spiro atoms. The smallest absolute Gasteiger partial charge is 0.355 e. The molecule has 0 unspecified atom stereocenters. The van der Waals surface area contributed by atoms with Crippen molar-refractivity contribution in [3.05, 3.63) is 59.5 Å². The van der Waals surface area contributed by atoms with Crippen LogP contribution in [0.4, 0.5) is 23.4 Å². The molecule has 5 nitrogen and oxygen atoms in total. The van der Waals surface area contributed by atoms with Crippen LogP contribution in [0.25, 0.3) is 0 Å². The van der Waals surface area contributed by atoms with Gasteiger partial charge < -0.3 is 10.2 Å². The van der Waals surface area contributed by atoms with E-state index in [1.165, 1.54) is 18.2 Å². The van der Waals surface area contributed by atoms with E-state index in [1.807, 2.05) is 16.7 Å². The van der Waals surface area contributed by atoms with Crippen LogP contribution in [0.1, 0.15) is 24.5 Å². The van der Waals surface area contributed by atoms with E-state index in [0.717, 1.165) is 24.2 Å². The topological polar surface area (TPSA) is 48.5 Å². The number of benzene rings is 1. The Hall–Kier alpha value is -2.68. The van der Waals surface area contributed by atoms with Gasteiger partial charge in [0.15, 0.2) is 0 Å². The summed E-state index contributed by atoms with van der Waals surface area (Å²) in [5, 5.41) is 2.86. The van der Waals surface area contributed by atoms with Crippen molar-refractivity contribution >= 4 is 11.7 Å². The number of rotatable bonds is 5. The van der Waals surface area contributed by atoms with E-state index < -0.39 is 11.7 Å². The molecule has 1 saturated heterocycles. The molecule has 1 amide bonds. The lowest BCUT2D eigenvalue weighted by Crippen LogP contribution is -2.46. The normalized spacial score (nSPS) is 16.8. The largest absolute Gasteiger partial charge is 0.417 e. The maximum absolute atomic E-state index is 13.0. The SMILES string of the molecule is C[C@@H](C(=O)NCc1ccc(F)cc1)N1CCCN(c2ccc(C(F)(F)F)cn2)CC1. The fraction of sp³-hybridized carbons (Fsp3) is 0.429. The van der Waals surface area contributed by atoms with Gasteiger partial charge in [-0.3, -0.25) is 9.69 Å². The number of hydrogen-bond acceptors (Lipinski definition) is 4. The van der Waals surface area contributed by atoms with Gasteiger partial charge in [0.05, 0.1) is 11.6 Å². The first-order valence-electron chi connectivity index (χ1n) is 9.78.